The monoisotopic (exact) mass is 226 g/mol. The van der Waals surface area contributed by atoms with Gasteiger partial charge in [-0.3, -0.25) is 4.98 Å². The second kappa shape index (κ2) is 4.11. The molecule has 2 heteroatoms. The van der Waals surface area contributed by atoms with Gasteiger partial charge < -0.3 is 5.73 Å². The molecule has 0 amide bonds. The Morgan fingerprint density at radius 1 is 1.24 bits per heavy atom. The summed E-state index contributed by atoms with van der Waals surface area (Å²) >= 11 is 0. The molecule has 0 radical (unpaired) electrons. The molecule has 0 bridgehead atoms. The number of rotatable bonds is 1. The smallest absolute Gasteiger partial charge is 0.0349 e. The molecule has 1 aromatic heterocycles. The van der Waals surface area contributed by atoms with Crippen LogP contribution in [0.25, 0.3) is 10.8 Å². The van der Waals surface area contributed by atoms with Crippen molar-refractivity contribution in [2.24, 2.45) is 11.7 Å². The number of fused-ring (bicyclic) bond motifs is 1. The lowest BCUT2D eigenvalue weighted by Crippen LogP contribution is -2.24. The first kappa shape index (κ1) is 10.7. The van der Waals surface area contributed by atoms with Crippen molar-refractivity contribution in [2.45, 2.75) is 31.7 Å². The molecule has 0 spiro atoms. The number of hydrogen-bond acceptors (Lipinski definition) is 2. The Hall–Kier alpha value is -1.41. The Morgan fingerprint density at radius 3 is 2.88 bits per heavy atom. The van der Waals surface area contributed by atoms with Crippen LogP contribution >= 0.6 is 0 Å². The van der Waals surface area contributed by atoms with Crippen molar-refractivity contribution in [3.8, 4) is 0 Å². The van der Waals surface area contributed by atoms with Gasteiger partial charge in [-0.05, 0) is 41.7 Å². The lowest BCUT2D eigenvalue weighted by atomic mass is 9.86. The van der Waals surface area contributed by atoms with Crippen LogP contribution in [0, 0.1) is 5.92 Å². The quantitative estimate of drug-likeness (QED) is 0.811. The van der Waals surface area contributed by atoms with Gasteiger partial charge in [-0.1, -0.05) is 25.1 Å². The van der Waals surface area contributed by atoms with Crippen LogP contribution in [0.4, 0.5) is 0 Å². The fraction of sp³-hybridized carbons (Fsp3) is 0.400. The maximum atomic E-state index is 6.13. The zero-order chi connectivity index (χ0) is 11.8. The van der Waals surface area contributed by atoms with E-state index >= 15 is 0 Å². The summed E-state index contributed by atoms with van der Waals surface area (Å²) in [7, 11) is 0. The molecular formula is C15H18N2. The first-order valence-corrected chi connectivity index (χ1v) is 6.35. The average molecular weight is 226 g/mol. The van der Waals surface area contributed by atoms with E-state index in [0.717, 1.165) is 6.42 Å². The van der Waals surface area contributed by atoms with E-state index < -0.39 is 0 Å². The van der Waals surface area contributed by atoms with Gasteiger partial charge in [0.15, 0.2) is 0 Å². The highest BCUT2D eigenvalue weighted by Gasteiger charge is 2.31. The third-order valence-electron chi connectivity index (χ3n) is 4.24. The van der Waals surface area contributed by atoms with Gasteiger partial charge in [-0.2, -0.15) is 0 Å². The highest BCUT2D eigenvalue weighted by Crippen LogP contribution is 2.40. The normalized spacial score (nSPS) is 28.7. The zero-order valence-corrected chi connectivity index (χ0v) is 10.1. The Balaban J connectivity index is 2.11. The number of nitrogens with zero attached hydrogens (tertiary/aromatic N) is 1. The van der Waals surface area contributed by atoms with Gasteiger partial charge in [0, 0.05) is 23.8 Å². The highest BCUT2D eigenvalue weighted by molar-refractivity contribution is 5.85. The molecule has 3 atom stereocenters. The number of pyridine rings is 1. The predicted octanol–water partition coefficient (Wildman–Crippen LogP) is 3.08. The van der Waals surface area contributed by atoms with Crippen LogP contribution in [0.3, 0.4) is 0 Å². The van der Waals surface area contributed by atoms with E-state index in [4.69, 9.17) is 5.73 Å². The van der Waals surface area contributed by atoms with Gasteiger partial charge in [0.2, 0.25) is 0 Å². The van der Waals surface area contributed by atoms with E-state index in [0.29, 0.717) is 17.9 Å². The molecule has 1 fully saturated rings. The van der Waals surface area contributed by atoms with Gasteiger partial charge in [0.25, 0.3) is 0 Å². The first-order chi connectivity index (χ1) is 8.27. The Kier molecular flexibility index (Phi) is 2.60. The lowest BCUT2D eigenvalue weighted by molar-refractivity contribution is 0.481. The maximum Gasteiger partial charge on any atom is 0.0349 e. The molecule has 1 saturated carbocycles. The van der Waals surface area contributed by atoms with Crippen molar-refractivity contribution < 1.29 is 0 Å². The average Bonchev–Trinajstić information content (AvgIpc) is 2.69. The van der Waals surface area contributed by atoms with E-state index in [1.54, 1.807) is 0 Å². The predicted molar refractivity (Wildman–Crippen MR) is 70.9 cm³/mol. The van der Waals surface area contributed by atoms with E-state index in [9.17, 15) is 0 Å². The standard InChI is InChI=1S/C15H18N2/c1-10-12(5-6-15(10)16)13-4-2-3-11-7-8-17-9-14(11)13/h2-4,7-10,12,15H,5-6,16H2,1H3. The van der Waals surface area contributed by atoms with Crippen molar-refractivity contribution in [3.63, 3.8) is 0 Å². The van der Waals surface area contributed by atoms with E-state index in [1.807, 2.05) is 12.4 Å². The highest BCUT2D eigenvalue weighted by atomic mass is 14.7. The molecule has 1 heterocycles. The van der Waals surface area contributed by atoms with Crippen LogP contribution in [-0.4, -0.2) is 11.0 Å². The minimum atomic E-state index is 0.354. The van der Waals surface area contributed by atoms with Crippen molar-refractivity contribution in [1.82, 2.24) is 4.98 Å². The van der Waals surface area contributed by atoms with Crippen molar-refractivity contribution >= 4 is 10.8 Å². The number of benzene rings is 1. The zero-order valence-electron chi connectivity index (χ0n) is 10.1. The molecule has 1 aliphatic rings. The Labute approximate surface area is 102 Å². The SMILES string of the molecule is CC1C(N)CCC1c1cccc2ccncc12. The molecule has 0 aliphatic heterocycles. The molecule has 2 nitrogen and oxygen atoms in total. The van der Waals surface area contributed by atoms with Crippen LogP contribution in [0.2, 0.25) is 0 Å². The first-order valence-electron chi connectivity index (χ1n) is 6.35. The van der Waals surface area contributed by atoms with Crippen molar-refractivity contribution in [3.05, 3.63) is 42.2 Å². The van der Waals surface area contributed by atoms with Crippen molar-refractivity contribution in [1.29, 1.82) is 0 Å². The Morgan fingerprint density at radius 2 is 2.12 bits per heavy atom. The summed E-state index contributed by atoms with van der Waals surface area (Å²) in [5, 5.41) is 2.58. The fourth-order valence-corrected chi connectivity index (χ4v) is 3.10. The Bertz CT molecular complexity index is 530. The van der Waals surface area contributed by atoms with E-state index in [1.165, 1.54) is 22.8 Å². The summed E-state index contributed by atoms with van der Waals surface area (Å²) in [5.74, 6) is 1.17. The maximum absolute atomic E-state index is 6.13. The van der Waals surface area contributed by atoms with Gasteiger partial charge in [0.1, 0.15) is 0 Å². The summed E-state index contributed by atoms with van der Waals surface area (Å²) in [6.45, 7) is 2.28. The van der Waals surface area contributed by atoms with Crippen LogP contribution in [0.1, 0.15) is 31.2 Å². The fourth-order valence-electron chi connectivity index (χ4n) is 3.10. The minimum Gasteiger partial charge on any atom is -0.327 e. The molecule has 88 valence electrons. The van der Waals surface area contributed by atoms with Gasteiger partial charge >= 0.3 is 0 Å². The third kappa shape index (κ3) is 1.73. The number of hydrogen-bond donors (Lipinski definition) is 1. The molecular weight excluding hydrogens is 208 g/mol. The van der Waals surface area contributed by atoms with Crippen LogP contribution in [0.5, 0.6) is 0 Å². The van der Waals surface area contributed by atoms with E-state index in [2.05, 4.69) is 36.2 Å². The minimum absolute atomic E-state index is 0.354. The molecule has 0 saturated heterocycles. The number of aromatic nitrogens is 1. The molecule has 17 heavy (non-hydrogen) atoms. The van der Waals surface area contributed by atoms with Crippen molar-refractivity contribution in [2.75, 3.05) is 0 Å². The van der Waals surface area contributed by atoms with Crippen LogP contribution in [0.15, 0.2) is 36.7 Å². The van der Waals surface area contributed by atoms with Gasteiger partial charge in [-0.15, -0.1) is 0 Å². The summed E-state index contributed by atoms with van der Waals surface area (Å²) in [5.41, 5.74) is 7.56. The summed E-state index contributed by atoms with van der Waals surface area (Å²) < 4.78 is 0. The molecule has 1 aliphatic carbocycles. The van der Waals surface area contributed by atoms with Gasteiger partial charge in [0.05, 0.1) is 0 Å². The molecule has 2 N–H and O–H groups in total. The third-order valence-corrected chi connectivity index (χ3v) is 4.24. The van der Waals surface area contributed by atoms with Crippen LogP contribution in [-0.2, 0) is 0 Å². The second-order valence-electron chi connectivity index (χ2n) is 5.15. The summed E-state index contributed by atoms with van der Waals surface area (Å²) in [4.78, 5) is 4.26. The molecule has 3 rings (SSSR count). The molecule has 2 aromatic rings. The molecule has 3 unspecified atom stereocenters. The summed E-state index contributed by atoms with van der Waals surface area (Å²) in [6, 6.07) is 8.97. The topological polar surface area (TPSA) is 38.9 Å². The van der Waals surface area contributed by atoms with Gasteiger partial charge in [-0.25, -0.2) is 0 Å². The largest absolute Gasteiger partial charge is 0.327 e. The van der Waals surface area contributed by atoms with Crippen LogP contribution < -0.4 is 5.73 Å². The van der Waals surface area contributed by atoms with E-state index in [-0.39, 0.29) is 0 Å². The lowest BCUT2D eigenvalue weighted by Gasteiger charge is -2.20. The molecule has 1 aromatic carbocycles. The second-order valence-corrected chi connectivity index (χ2v) is 5.15. The number of nitrogens with two attached hydrogens (primary N) is 1. The summed E-state index contributed by atoms with van der Waals surface area (Å²) in [6.07, 6.45) is 6.19.